The largest absolute Gasteiger partial charge is 0.490 e. The lowest BCUT2D eigenvalue weighted by Gasteiger charge is -2.24. The highest BCUT2D eigenvalue weighted by Gasteiger charge is 2.20. The van der Waals surface area contributed by atoms with Gasteiger partial charge in [-0.15, -0.1) is 10.2 Å². The van der Waals surface area contributed by atoms with Crippen LogP contribution in [0.4, 0.5) is 5.13 Å². The van der Waals surface area contributed by atoms with Crippen LogP contribution in [0.1, 0.15) is 55.4 Å². The zero-order valence-corrected chi connectivity index (χ0v) is 18.7. The van der Waals surface area contributed by atoms with Crippen LogP contribution in [0.3, 0.4) is 0 Å². The van der Waals surface area contributed by atoms with Crippen LogP contribution in [-0.4, -0.2) is 53.9 Å². The number of anilines is 1. The van der Waals surface area contributed by atoms with Gasteiger partial charge in [-0.2, -0.15) is 0 Å². The molecule has 3 rings (SSSR count). The Hall–Kier alpha value is -2.39. The summed E-state index contributed by atoms with van der Waals surface area (Å²) >= 11 is 1.41. The summed E-state index contributed by atoms with van der Waals surface area (Å²) in [6.45, 7) is 9.99. The lowest BCUT2D eigenvalue weighted by Crippen LogP contribution is -2.28. The van der Waals surface area contributed by atoms with E-state index in [4.69, 9.17) is 14.2 Å². The van der Waals surface area contributed by atoms with E-state index in [9.17, 15) is 4.79 Å². The molecule has 1 aromatic carbocycles. The van der Waals surface area contributed by atoms with Crippen LogP contribution < -0.4 is 19.5 Å². The summed E-state index contributed by atoms with van der Waals surface area (Å²) in [6, 6.07) is 3.34. The first-order valence-electron chi connectivity index (χ1n) is 10.6. The molecule has 8 nitrogen and oxygen atoms in total. The molecule has 1 aliphatic heterocycles. The number of aromatic nitrogens is 2. The predicted molar refractivity (Wildman–Crippen MR) is 117 cm³/mol. The maximum Gasteiger partial charge on any atom is 0.257 e. The number of carbonyl (C=O) groups is 1. The molecule has 0 bridgehead atoms. The van der Waals surface area contributed by atoms with Gasteiger partial charge in [0.25, 0.3) is 5.91 Å². The molecule has 0 unspecified atom stereocenters. The van der Waals surface area contributed by atoms with Gasteiger partial charge in [-0.05, 0) is 58.8 Å². The number of ether oxygens (including phenoxy) is 3. The minimum Gasteiger partial charge on any atom is -0.490 e. The maximum absolute atomic E-state index is 12.9. The normalized spacial score (nSPS) is 14.4. The predicted octanol–water partition coefficient (Wildman–Crippen LogP) is 3.97. The molecule has 0 radical (unpaired) electrons. The van der Waals surface area contributed by atoms with Gasteiger partial charge in [-0.1, -0.05) is 17.8 Å². The van der Waals surface area contributed by atoms with Gasteiger partial charge >= 0.3 is 0 Å². The zero-order valence-electron chi connectivity index (χ0n) is 17.9. The number of carbonyl (C=O) groups excluding carboxylic acids is 1. The van der Waals surface area contributed by atoms with Gasteiger partial charge in [0, 0.05) is 5.56 Å². The fourth-order valence-corrected chi connectivity index (χ4v) is 4.14. The van der Waals surface area contributed by atoms with Crippen molar-refractivity contribution in [3.8, 4) is 17.2 Å². The van der Waals surface area contributed by atoms with Crippen molar-refractivity contribution in [1.82, 2.24) is 15.1 Å². The van der Waals surface area contributed by atoms with Crippen LogP contribution in [0.5, 0.6) is 17.2 Å². The quantitative estimate of drug-likeness (QED) is 0.605. The number of nitrogens with zero attached hydrogens (tertiary/aromatic N) is 3. The Morgan fingerprint density at radius 1 is 1.00 bits per heavy atom. The summed E-state index contributed by atoms with van der Waals surface area (Å²) in [5, 5.41) is 12.6. The third kappa shape index (κ3) is 5.82. The summed E-state index contributed by atoms with van der Waals surface area (Å²) in [6.07, 6.45) is 3.75. The molecule has 1 aromatic heterocycles. The van der Waals surface area contributed by atoms with E-state index in [1.54, 1.807) is 12.1 Å². The van der Waals surface area contributed by atoms with Crippen LogP contribution in [0.2, 0.25) is 0 Å². The molecule has 1 aliphatic rings. The van der Waals surface area contributed by atoms with E-state index < -0.39 is 0 Å². The summed E-state index contributed by atoms with van der Waals surface area (Å²) in [5.74, 6) is 1.19. The number of nitrogens with one attached hydrogen (secondary N) is 1. The average Bonchev–Trinajstić information content (AvgIpc) is 3.18. The standard InChI is InChI=1S/C21H30N4O4S/c1-4-27-16-12-15(13-17(28-5-2)19(16)29-6-3)20(26)22-21-24-23-18(30-21)14-25-10-8-7-9-11-25/h12-13H,4-11,14H2,1-3H3,(H,22,24,26). The third-order valence-corrected chi connectivity index (χ3v) is 5.49. The first-order valence-corrected chi connectivity index (χ1v) is 11.4. The van der Waals surface area contributed by atoms with Gasteiger partial charge in [-0.25, -0.2) is 0 Å². The molecule has 0 spiro atoms. The Bertz CT molecular complexity index is 809. The first-order chi connectivity index (χ1) is 14.6. The van der Waals surface area contributed by atoms with Gasteiger partial charge in [0.15, 0.2) is 11.5 Å². The molecule has 0 aliphatic carbocycles. The highest BCUT2D eigenvalue weighted by molar-refractivity contribution is 7.15. The topological polar surface area (TPSA) is 85.8 Å². The molecule has 1 amide bonds. The monoisotopic (exact) mass is 434 g/mol. The van der Waals surface area contributed by atoms with E-state index in [0.29, 0.717) is 47.8 Å². The molecule has 1 N–H and O–H groups in total. The van der Waals surface area contributed by atoms with Crippen LogP contribution >= 0.6 is 11.3 Å². The molecular weight excluding hydrogens is 404 g/mol. The van der Waals surface area contributed by atoms with Gasteiger partial charge in [0.1, 0.15) is 5.01 Å². The summed E-state index contributed by atoms with van der Waals surface area (Å²) < 4.78 is 17.1. The Labute approximate surface area is 181 Å². The molecule has 164 valence electrons. The van der Waals surface area contributed by atoms with Crippen LogP contribution in [-0.2, 0) is 6.54 Å². The Morgan fingerprint density at radius 3 is 2.23 bits per heavy atom. The Kier molecular flexibility index (Phi) is 8.27. The number of hydrogen-bond donors (Lipinski definition) is 1. The maximum atomic E-state index is 12.9. The second-order valence-corrected chi connectivity index (χ2v) is 7.95. The Morgan fingerprint density at radius 2 is 1.63 bits per heavy atom. The SMILES string of the molecule is CCOc1cc(C(=O)Nc2nnc(CN3CCCCC3)s2)cc(OCC)c1OCC. The summed E-state index contributed by atoms with van der Waals surface area (Å²) in [7, 11) is 0. The highest BCUT2D eigenvalue weighted by Crippen LogP contribution is 2.39. The van der Waals surface area contributed by atoms with E-state index >= 15 is 0 Å². The molecule has 0 saturated carbocycles. The van der Waals surface area contributed by atoms with Crippen molar-refractivity contribution in [3.63, 3.8) is 0 Å². The third-order valence-electron chi connectivity index (χ3n) is 4.67. The first kappa shape index (κ1) is 22.3. The number of amides is 1. The van der Waals surface area contributed by atoms with Crippen LogP contribution in [0, 0.1) is 0 Å². The fourth-order valence-electron chi connectivity index (χ4n) is 3.37. The molecule has 30 heavy (non-hydrogen) atoms. The summed E-state index contributed by atoms with van der Waals surface area (Å²) in [4.78, 5) is 15.2. The van der Waals surface area contributed by atoms with Gasteiger partial charge in [0.05, 0.1) is 26.4 Å². The molecule has 0 atom stereocenters. The van der Waals surface area contributed by atoms with Crippen molar-refractivity contribution in [2.45, 2.75) is 46.6 Å². The Balaban J connectivity index is 1.74. The van der Waals surface area contributed by atoms with Gasteiger partial charge < -0.3 is 14.2 Å². The van der Waals surface area contributed by atoms with Crippen molar-refractivity contribution in [3.05, 3.63) is 22.7 Å². The lowest BCUT2D eigenvalue weighted by atomic mass is 10.1. The molecular formula is C21H30N4O4S. The van der Waals surface area contributed by atoms with Crippen molar-refractivity contribution in [1.29, 1.82) is 0 Å². The second kappa shape index (κ2) is 11.1. The second-order valence-electron chi connectivity index (χ2n) is 6.89. The van der Waals surface area contributed by atoms with Gasteiger partial charge in [-0.3, -0.25) is 15.0 Å². The van der Waals surface area contributed by atoms with Crippen LogP contribution in [0.15, 0.2) is 12.1 Å². The molecule has 2 aromatic rings. The average molecular weight is 435 g/mol. The fraction of sp³-hybridized carbons (Fsp3) is 0.571. The van der Waals surface area contributed by atoms with E-state index in [0.717, 1.165) is 24.6 Å². The van der Waals surface area contributed by atoms with Crippen molar-refractivity contribution >= 4 is 22.4 Å². The molecule has 1 fully saturated rings. The van der Waals surface area contributed by atoms with E-state index in [2.05, 4.69) is 20.4 Å². The van der Waals surface area contributed by atoms with Crippen LogP contribution in [0.25, 0.3) is 0 Å². The lowest BCUT2D eigenvalue weighted by molar-refractivity contribution is 0.102. The van der Waals surface area contributed by atoms with E-state index in [-0.39, 0.29) is 5.91 Å². The minimum absolute atomic E-state index is 0.291. The van der Waals surface area contributed by atoms with Crippen molar-refractivity contribution < 1.29 is 19.0 Å². The number of rotatable bonds is 10. The highest BCUT2D eigenvalue weighted by atomic mass is 32.1. The van der Waals surface area contributed by atoms with E-state index in [1.807, 2.05) is 20.8 Å². The van der Waals surface area contributed by atoms with Crippen molar-refractivity contribution in [2.75, 3.05) is 38.2 Å². The van der Waals surface area contributed by atoms with Gasteiger partial charge in [0.2, 0.25) is 10.9 Å². The number of piperidine rings is 1. The number of benzene rings is 1. The van der Waals surface area contributed by atoms with E-state index in [1.165, 1.54) is 30.6 Å². The minimum atomic E-state index is -0.291. The molecule has 2 heterocycles. The molecule has 1 saturated heterocycles. The zero-order chi connectivity index (χ0) is 21.3. The number of hydrogen-bond acceptors (Lipinski definition) is 8. The summed E-state index contributed by atoms with van der Waals surface area (Å²) in [5.41, 5.74) is 0.415. The smallest absolute Gasteiger partial charge is 0.257 e. The van der Waals surface area contributed by atoms with Crippen molar-refractivity contribution in [2.24, 2.45) is 0 Å². The number of likely N-dealkylation sites (tertiary alicyclic amines) is 1. The molecule has 9 heteroatoms.